The van der Waals surface area contributed by atoms with Crippen molar-refractivity contribution in [2.75, 3.05) is 61.7 Å². The van der Waals surface area contributed by atoms with Gasteiger partial charge in [-0.25, -0.2) is 14.5 Å². The third kappa shape index (κ3) is 10.2. The SMILES string of the molecule is COC(=O)[C@@H](NC(=O)N1C(=O)[C@@]2(c3cc(C#CC4(O)CCCCCC4)ccc31)[C@H](c1ccc(OCCO)cc1)N1[C@H](c3ccccc3)[C@H](c3ccccc3)OC(=O)[C@H]1[C@@H]2C(=O)Nc1ccc(N2CCOCC2)cc1)C(C)C. The Bertz CT molecular complexity index is 3020. The third-order valence-corrected chi connectivity index (χ3v) is 15.8. The number of imide groups is 1. The number of methoxy groups -OCH3 is 1. The lowest BCUT2D eigenvalue weighted by Crippen LogP contribution is -2.57. The number of esters is 2. The van der Waals surface area contributed by atoms with E-state index in [0.29, 0.717) is 67.3 Å². The molecule has 77 heavy (non-hydrogen) atoms. The maximum absolute atomic E-state index is 16.9. The molecule has 7 atom stereocenters. The summed E-state index contributed by atoms with van der Waals surface area (Å²) in [5.41, 5.74) is 0.461. The highest BCUT2D eigenvalue weighted by Gasteiger charge is 2.75. The van der Waals surface area contributed by atoms with Crippen LogP contribution >= 0.6 is 0 Å². The predicted octanol–water partition coefficient (Wildman–Crippen LogP) is 7.54. The van der Waals surface area contributed by atoms with E-state index in [0.717, 1.165) is 41.8 Å². The van der Waals surface area contributed by atoms with Crippen molar-refractivity contribution in [2.45, 2.75) is 93.7 Å². The van der Waals surface area contributed by atoms with Crippen LogP contribution in [0.25, 0.3) is 0 Å². The molecule has 4 fully saturated rings. The molecular weight excluding hydrogens is 979 g/mol. The van der Waals surface area contributed by atoms with Gasteiger partial charge in [0.15, 0.2) is 0 Å². The minimum absolute atomic E-state index is 0.00900. The summed E-state index contributed by atoms with van der Waals surface area (Å²) in [5.74, 6) is 1.66. The van der Waals surface area contributed by atoms with Crippen LogP contribution in [0.5, 0.6) is 5.75 Å². The van der Waals surface area contributed by atoms with Gasteiger partial charge in [0.05, 0.1) is 50.6 Å². The van der Waals surface area contributed by atoms with Crippen molar-refractivity contribution in [1.82, 2.24) is 10.2 Å². The third-order valence-electron chi connectivity index (χ3n) is 15.8. The first-order chi connectivity index (χ1) is 37.4. The molecule has 5 aromatic carbocycles. The predicted molar refractivity (Wildman–Crippen MR) is 288 cm³/mol. The van der Waals surface area contributed by atoms with E-state index >= 15 is 19.2 Å². The second-order valence-electron chi connectivity index (χ2n) is 20.8. The van der Waals surface area contributed by atoms with Crippen LogP contribution in [0.1, 0.15) is 98.4 Å². The fourth-order valence-corrected chi connectivity index (χ4v) is 12.1. The van der Waals surface area contributed by atoms with Gasteiger partial charge in [-0.05, 0) is 108 Å². The Kier molecular flexibility index (Phi) is 15.5. The zero-order valence-corrected chi connectivity index (χ0v) is 43.6. The Hall–Kier alpha value is -7.55. The van der Waals surface area contributed by atoms with Gasteiger partial charge in [0.25, 0.3) is 0 Å². The quantitative estimate of drug-likeness (QED) is 0.0544. The lowest BCUT2D eigenvalue weighted by Gasteiger charge is -2.46. The Balaban J connectivity index is 1.24. The summed E-state index contributed by atoms with van der Waals surface area (Å²) in [5, 5.41) is 27.4. The highest BCUT2D eigenvalue weighted by atomic mass is 16.6. The number of anilines is 3. The summed E-state index contributed by atoms with van der Waals surface area (Å²) >= 11 is 0. The van der Waals surface area contributed by atoms with Gasteiger partial charge in [0, 0.05) is 30.0 Å². The first-order valence-electron chi connectivity index (χ1n) is 26.6. The lowest BCUT2D eigenvalue weighted by atomic mass is 9.65. The number of nitrogens with zero attached hydrogens (tertiary/aromatic N) is 3. The number of carbonyl (C=O) groups is 5. The number of nitrogens with one attached hydrogen (secondary N) is 2. The summed E-state index contributed by atoms with van der Waals surface area (Å²) in [6.07, 6.45) is 3.56. The van der Waals surface area contributed by atoms with Crippen LogP contribution in [0.3, 0.4) is 0 Å². The summed E-state index contributed by atoms with van der Waals surface area (Å²) in [4.78, 5) is 82.5. The first kappa shape index (κ1) is 52.9. The average Bonchev–Trinajstić information content (AvgIpc) is 3.53. The summed E-state index contributed by atoms with van der Waals surface area (Å²) < 4.78 is 23.2. The number of hydrogen-bond donors (Lipinski definition) is 4. The fraction of sp³-hybridized carbons (Fsp3) is 0.393. The molecule has 1 saturated carbocycles. The number of carbonyl (C=O) groups excluding carboxylic acids is 5. The van der Waals surface area contributed by atoms with Gasteiger partial charge >= 0.3 is 18.0 Å². The van der Waals surface area contributed by atoms with Crippen LogP contribution in [0.15, 0.2) is 127 Å². The van der Waals surface area contributed by atoms with Crippen molar-refractivity contribution in [2.24, 2.45) is 11.8 Å². The highest BCUT2D eigenvalue weighted by molar-refractivity contribution is 6.25. The monoisotopic (exact) mass is 1040 g/mol. The first-order valence-corrected chi connectivity index (χ1v) is 26.6. The second-order valence-corrected chi connectivity index (χ2v) is 20.8. The van der Waals surface area contributed by atoms with Gasteiger partial charge in [-0.1, -0.05) is 111 Å². The van der Waals surface area contributed by atoms with Gasteiger partial charge in [-0.15, -0.1) is 0 Å². The number of hydrogen-bond acceptors (Lipinski definition) is 13. The van der Waals surface area contributed by atoms with Crippen LogP contribution in [-0.4, -0.2) is 109 Å². The number of cyclic esters (lactones) is 1. The Morgan fingerprint density at radius 2 is 1.47 bits per heavy atom. The van der Waals surface area contributed by atoms with Crippen LogP contribution in [0.2, 0.25) is 0 Å². The Labute approximate surface area is 448 Å². The summed E-state index contributed by atoms with van der Waals surface area (Å²) in [7, 11) is 1.22. The van der Waals surface area contributed by atoms with E-state index in [-0.39, 0.29) is 24.5 Å². The number of amides is 4. The van der Waals surface area contributed by atoms with Crippen molar-refractivity contribution in [3.63, 3.8) is 0 Å². The van der Waals surface area contributed by atoms with Crippen molar-refractivity contribution < 1.29 is 53.1 Å². The van der Waals surface area contributed by atoms with Crippen molar-refractivity contribution >= 4 is 46.8 Å². The van der Waals surface area contributed by atoms with E-state index in [9.17, 15) is 15.0 Å². The second kappa shape index (κ2) is 22.6. The Morgan fingerprint density at radius 3 is 2.10 bits per heavy atom. The number of fused-ring (bicyclic) bond motifs is 3. The molecule has 3 saturated heterocycles. The zero-order chi connectivity index (χ0) is 53.8. The Morgan fingerprint density at radius 1 is 0.805 bits per heavy atom. The zero-order valence-electron chi connectivity index (χ0n) is 43.6. The molecule has 0 unspecified atom stereocenters. The molecular formula is C61H65N5O11. The van der Waals surface area contributed by atoms with Crippen molar-refractivity contribution in [1.29, 1.82) is 0 Å². The van der Waals surface area contributed by atoms with Crippen molar-refractivity contribution in [3.05, 3.63) is 155 Å². The standard InChI is InChI=1S/C61H65N5O11/c1-39(2)50(56(69)74-3)63-59(72)65-48-27-18-40(28-31-60(73)29-12-4-5-13-30-60)38-47(48)61(58(65)71)49(55(68)62-44-21-23-45(24-22-44)64-32-35-75-36-33-64)52-57(70)77-53(42-16-10-7-11-17-42)51(41-14-8-6-9-15-41)66(52)54(61)43-19-25-46(26-20-43)76-37-34-67/h6-11,14-27,38-39,49-54,67,73H,4-5,12-13,29-30,32-37H2,1-3H3,(H,62,68)(H,63,72)/t49-,50+,51-,52-,53+,54+,61-/m1/s1. The van der Waals surface area contributed by atoms with Crippen LogP contribution < -0.4 is 25.2 Å². The molecule has 5 aromatic rings. The summed E-state index contributed by atoms with van der Waals surface area (Å²) in [6, 6.07) is 32.3. The lowest BCUT2D eigenvalue weighted by molar-refractivity contribution is -0.177. The van der Waals surface area contributed by atoms with Crippen LogP contribution in [0, 0.1) is 23.7 Å². The van der Waals surface area contributed by atoms with E-state index in [1.54, 1.807) is 68.4 Å². The molecule has 4 amide bonds. The number of ether oxygens (including phenoxy) is 4. The molecule has 4 heterocycles. The molecule has 16 heteroatoms. The van der Waals surface area contributed by atoms with E-state index < -0.39 is 82.9 Å². The van der Waals surface area contributed by atoms with Crippen molar-refractivity contribution in [3.8, 4) is 17.6 Å². The van der Waals surface area contributed by atoms with Gasteiger partial charge in [0.2, 0.25) is 11.8 Å². The molecule has 16 nitrogen and oxygen atoms in total. The molecule has 0 aromatic heterocycles. The molecule has 10 rings (SSSR count). The smallest absolute Gasteiger partial charge is 0.329 e. The molecule has 1 aliphatic carbocycles. The van der Waals surface area contributed by atoms with E-state index in [1.807, 2.05) is 77.7 Å². The molecule has 0 bridgehead atoms. The normalized spacial score (nSPS) is 24.2. The average molecular weight is 1040 g/mol. The maximum Gasteiger partial charge on any atom is 0.329 e. The number of aliphatic hydroxyl groups excluding tert-OH is 1. The largest absolute Gasteiger partial charge is 0.491 e. The number of benzene rings is 5. The van der Waals surface area contributed by atoms with Gasteiger partial charge in [0.1, 0.15) is 41.6 Å². The van der Waals surface area contributed by atoms with Gasteiger partial charge < -0.3 is 44.7 Å². The van der Waals surface area contributed by atoms with E-state index in [2.05, 4.69) is 27.4 Å². The number of aliphatic hydroxyl groups is 2. The maximum atomic E-state index is 16.9. The fourth-order valence-electron chi connectivity index (χ4n) is 12.1. The number of urea groups is 1. The molecule has 1 spiro atoms. The molecule has 5 aliphatic rings. The molecule has 400 valence electrons. The molecule has 0 radical (unpaired) electrons. The number of morpholine rings is 2. The van der Waals surface area contributed by atoms with Crippen LogP contribution in [0.4, 0.5) is 21.9 Å². The van der Waals surface area contributed by atoms with Gasteiger partial charge in [-0.2, -0.15) is 0 Å². The van der Waals surface area contributed by atoms with E-state index in [1.165, 1.54) is 7.11 Å². The minimum atomic E-state index is -2.16. The summed E-state index contributed by atoms with van der Waals surface area (Å²) in [6.45, 7) is 5.77. The van der Waals surface area contributed by atoms with Crippen LogP contribution in [-0.2, 0) is 38.8 Å². The molecule has 4 N–H and O–H groups in total. The molecule has 4 aliphatic heterocycles. The minimum Gasteiger partial charge on any atom is -0.491 e. The van der Waals surface area contributed by atoms with Gasteiger partial charge in [-0.3, -0.25) is 19.3 Å². The number of rotatable bonds is 12. The van der Waals surface area contributed by atoms with E-state index in [4.69, 9.17) is 18.9 Å². The highest BCUT2D eigenvalue weighted by Crippen LogP contribution is 2.66. The topological polar surface area (TPSA) is 197 Å².